The van der Waals surface area contributed by atoms with Gasteiger partial charge in [-0.1, -0.05) is 37.9 Å². The van der Waals surface area contributed by atoms with Crippen LogP contribution in [0.1, 0.15) is 77.7 Å². The number of benzene rings is 2. The van der Waals surface area contributed by atoms with Gasteiger partial charge >= 0.3 is 0 Å². The van der Waals surface area contributed by atoms with Crippen LogP contribution in [0.4, 0.5) is 0 Å². The quantitative estimate of drug-likeness (QED) is 0.233. The van der Waals surface area contributed by atoms with E-state index in [2.05, 4.69) is 28.8 Å². The van der Waals surface area contributed by atoms with Crippen LogP contribution in [0.3, 0.4) is 0 Å². The van der Waals surface area contributed by atoms with Crippen LogP contribution in [0.25, 0.3) is 11.0 Å². The molecule has 1 atom stereocenters. The lowest BCUT2D eigenvalue weighted by Gasteiger charge is -2.13. The molecule has 0 aliphatic carbocycles. The molecule has 2 aromatic carbocycles. The first-order chi connectivity index (χ1) is 14.8. The van der Waals surface area contributed by atoms with Crippen LogP contribution in [0.5, 0.6) is 0 Å². The van der Waals surface area contributed by atoms with E-state index < -0.39 is 0 Å². The topological polar surface area (TPSA) is 74.8 Å². The smallest absolute Gasteiger partial charge is 0.251 e. The van der Waals surface area contributed by atoms with E-state index in [4.69, 9.17) is 11.6 Å². The van der Waals surface area contributed by atoms with Gasteiger partial charge in [0.15, 0.2) is 5.78 Å². The number of rotatable bonds is 9. The number of allylic oxidation sites excluding steroid dienone is 1. The zero-order chi connectivity index (χ0) is 22.5. The van der Waals surface area contributed by atoms with Gasteiger partial charge in [0, 0.05) is 16.1 Å². The second kappa shape index (κ2) is 9.92. The lowest BCUT2D eigenvalue weighted by molar-refractivity contribution is 0.0937. The number of unbranched alkanes of at least 4 members (excludes halogenated alkanes) is 2. The molecule has 3 rings (SSSR count). The number of aryl methyl sites for hydroxylation is 1. The molecule has 0 bridgehead atoms. The third-order valence-electron chi connectivity index (χ3n) is 5.36. The van der Waals surface area contributed by atoms with Crippen molar-refractivity contribution in [1.82, 2.24) is 15.3 Å². The molecule has 0 radical (unpaired) electrons. The summed E-state index contributed by atoms with van der Waals surface area (Å²) in [5.41, 5.74) is 4.09. The molecule has 0 unspecified atom stereocenters. The molecule has 3 aromatic rings. The molecular formula is C25H28ClN3O2. The minimum absolute atomic E-state index is 0.0464. The number of aromatic amines is 1. The summed E-state index contributed by atoms with van der Waals surface area (Å²) < 4.78 is 0. The Morgan fingerprint density at radius 3 is 2.68 bits per heavy atom. The van der Waals surface area contributed by atoms with Gasteiger partial charge in [-0.15, -0.1) is 0 Å². The molecule has 1 amide bonds. The van der Waals surface area contributed by atoms with Crippen LogP contribution in [-0.2, 0) is 0 Å². The maximum atomic E-state index is 12.8. The number of ketones is 1. The van der Waals surface area contributed by atoms with E-state index in [1.54, 1.807) is 30.3 Å². The van der Waals surface area contributed by atoms with E-state index in [0.717, 1.165) is 35.9 Å². The summed E-state index contributed by atoms with van der Waals surface area (Å²) in [5.74, 6) is 0.377. The largest absolute Gasteiger partial charge is 0.342 e. The van der Waals surface area contributed by atoms with Crippen LogP contribution >= 0.6 is 11.6 Å². The van der Waals surface area contributed by atoms with E-state index in [1.165, 1.54) is 0 Å². The highest BCUT2D eigenvalue weighted by Gasteiger charge is 2.18. The Balaban J connectivity index is 1.69. The molecule has 5 nitrogen and oxygen atoms in total. The van der Waals surface area contributed by atoms with Gasteiger partial charge in [-0.2, -0.15) is 0 Å². The Morgan fingerprint density at radius 1 is 1.19 bits per heavy atom. The summed E-state index contributed by atoms with van der Waals surface area (Å²) in [6, 6.07) is 10.2. The van der Waals surface area contributed by atoms with E-state index in [-0.39, 0.29) is 17.7 Å². The van der Waals surface area contributed by atoms with Gasteiger partial charge in [0.2, 0.25) is 0 Å². The summed E-state index contributed by atoms with van der Waals surface area (Å²) in [6.07, 6.45) is 3.85. The van der Waals surface area contributed by atoms with Gasteiger partial charge in [0.1, 0.15) is 5.82 Å². The maximum Gasteiger partial charge on any atom is 0.251 e. The van der Waals surface area contributed by atoms with Gasteiger partial charge in [-0.3, -0.25) is 9.59 Å². The van der Waals surface area contributed by atoms with Crippen LogP contribution in [-0.4, -0.2) is 21.7 Å². The summed E-state index contributed by atoms with van der Waals surface area (Å²) in [4.78, 5) is 33.2. The highest BCUT2D eigenvalue weighted by atomic mass is 35.5. The molecule has 0 fully saturated rings. The standard InChI is InChI=1S/C25H28ClN3O2/c1-5-6-7-8-15(2)23(30)20-11-9-18(13-16(20)3)25(31)27-17(4)24-28-21-12-10-19(26)14-22(21)29-24/h9-14,17H,2,5-8H2,1,3-4H3,(H,27,31)(H,28,29)/t17-/m1/s1. The zero-order valence-electron chi connectivity index (χ0n) is 18.2. The highest BCUT2D eigenvalue weighted by molar-refractivity contribution is 6.31. The minimum atomic E-state index is -0.321. The number of carbonyl (C=O) groups is 2. The fourth-order valence-corrected chi connectivity index (χ4v) is 3.68. The second-order valence-electron chi connectivity index (χ2n) is 7.90. The van der Waals surface area contributed by atoms with Crippen molar-refractivity contribution in [3.05, 3.63) is 76.1 Å². The Kier molecular flexibility index (Phi) is 7.29. The fraction of sp³-hybridized carbons (Fsp3) is 0.320. The van der Waals surface area contributed by atoms with Gasteiger partial charge < -0.3 is 10.3 Å². The molecule has 0 saturated carbocycles. The number of nitrogens with one attached hydrogen (secondary N) is 2. The first-order valence-electron chi connectivity index (χ1n) is 10.6. The Bertz CT molecular complexity index is 1130. The molecule has 0 saturated heterocycles. The van der Waals surface area contributed by atoms with Crippen LogP contribution < -0.4 is 5.32 Å². The third-order valence-corrected chi connectivity index (χ3v) is 5.59. The fourth-order valence-electron chi connectivity index (χ4n) is 3.51. The summed E-state index contributed by atoms with van der Waals surface area (Å²) in [7, 11) is 0. The van der Waals surface area contributed by atoms with Crippen molar-refractivity contribution in [3.8, 4) is 0 Å². The Hall–Kier alpha value is -2.92. The molecule has 2 N–H and O–H groups in total. The maximum absolute atomic E-state index is 12.8. The van der Waals surface area contributed by atoms with E-state index in [9.17, 15) is 9.59 Å². The molecule has 162 valence electrons. The molecule has 1 aromatic heterocycles. The number of imidazole rings is 1. The monoisotopic (exact) mass is 437 g/mol. The predicted octanol–water partition coefficient (Wildman–Crippen LogP) is 6.33. The van der Waals surface area contributed by atoms with Crippen LogP contribution in [0.15, 0.2) is 48.6 Å². The number of hydrogen-bond acceptors (Lipinski definition) is 3. The van der Waals surface area contributed by atoms with Crippen molar-refractivity contribution in [2.75, 3.05) is 0 Å². The highest BCUT2D eigenvalue weighted by Crippen LogP contribution is 2.21. The average Bonchev–Trinajstić information content (AvgIpc) is 3.16. The molecule has 0 aliphatic heterocycles. The Labute approximate surface area is 187 Å². The second-order valence-corrected chi connectivity index (χ2v) is 8.33. The molecular weight excluding hydrogens is 410 g/mol. The zero-order valence-corrected chi connectivity index (χ0v) is 19.0. The average molecular weight is 438 g/mol. The summed E-state index contributed by atoms with van der Waals surface area (Å²) in [6.45, 7) is 9.78. The van der Waals surface area contributed by atoms with Gasteiger partial charge in [0.05, 0.1) is 17.1 Å². The number of carbonyl (C=O) groups excluding carboxylic acids is 2. The number of amides is 1. The lowest BCUT2D eigenvalue weighted by Crippen LogP contribution is -2.27. The molecule has 31 heavy (non-hydrogen) atoms. The van der Waals surface area contributed by atoms with E-state index >= 15 is 0 Å². The Morgan fingerprint density at radius 2 is 1.97 bits per heavy atom. The van der Waals surface area contributed by atoms with Gasteiger partial charge in [-0.05, 0) is 74.2 Å². The summed E-state index contributed by atoms with van der Waals surface area (Å²) in [5, 5.41) is 3.58. The number of hydrogen-bond donors (Lipinski definition) is 2. The van der Waals surface area contributed by atoms with Crippen LogP contribution in [0.2, 0.25) is 5.02 Å². The van der Waals surface area contributed by atoms with Crippen molar-refractivity contribution >= 4 is 34.3 Å². The van der Waals surface area contributed by atoms with Crippen LogP contribution in [0, 0.1) is 6.92 Å². The van der Waals surface area contributed by atoms with E-state index in [0.29, 0.717) is 34.0 Å². The number of halogens is 1. The first kappa shape index (κ1) is 22.8. The molecule has 6 heteroatoms. The van der Waals surface area contributed by atoms with Gasteiger partial charge in [-0.25, -0.2) is 4.98 Å². The molecule has 0 spiro atoms. The van der Waals surface area contributed by atoms with Crippen molar-refractivity contribution in [1.29, 1.82) is 0 Å². The molecule has 1 heterocycles. The minimum Gasteiger partial charge on any atom is -0.342 e. The SMILES string of the molecule is C=C(CCCCC)C(=O)c1ccc(C(=O)N[C@H](C)c2nc3ccc(Cl)cc3[nH]2)cc1C. The normalized spacial score (nSPS) is 12.0. The van der Waals surface area contributed by atoms with E-state index in [1.807, 2.05) is 19.9 Å². The summed E-state index contributed by atoms with van der Waals surface area (Å²) >= 11 is 6.03. The number of Topliss-reactive ketones (excluding diaryl/α,β-unsaturated/α-hetero) is 1. The number of nitrogens with zero attached hydrogens (tertiary/aromatic N) is 1. The van der Waals surface area contributed by atoms with Gasteiger partial charge in [0.25, 0.3) is 5.91 Å². The predicted molar refractivity (Wildman–Crippen MR) is 126 cm³/mol. The van der Waals surface area contributed by atoms with Crippen molar-refractivity contribution in [2.24, 2.45) is 0 Å². The number of aromatic nitrogens is 2. The lowest BCUT2D eigenvalue weighted by atomic mass is 9.95. The third kappa shape index (κ3) is 5.42. The first-order valence-corrected chi connectivity index (χ1v) is 11.0. The number of fused-ring (bicyclic) bond motifs is 1. The number of H-pyrrole nitrogens is 1. The van der Waals surface area contributed by atoms with Crippen molar-refractivity contribution in [2.45, 2.75) is 52.5 Å². The molecule has 0 aliphatic rings. The van der Waals surface area contributed by atoms with Crippen molar-refractivity contribution in [3.63, 3.8) is 0 Å². The van der Waals surface area contributed by atoms with Crippen molar-refractivity contribution < 1.29 is 9.59 Å².